The summed E-state index contributed by atoms with van der Waals surface area (Å²) in [6.45, 7) is 9.13. The highest BCUT2D eigenvalue weighted by molar-refractivity contribution is 5.79. The Kier molecular flexibility index (Phi) is 9.39. The molecule has 6 heteroatoms. The standard InChI is InChI=1S/C21H36N4O2/c1-5-22-21(23-12-9-13-27-18-10-7-6-8-11-18)25-15-19-17(3)20(26-4)16(2)14-24-19/h14,18H,5-13,15H2,1-4H3,(H2,22,23,25). The third kappa shape index (κ3) is 7.01. The minimum Gasteiger partial charge on any atom is -0.496 e. The Bertz CT molecular complexity index is 598. The molecule has 1 aromatic heterocycles. The van der Waals surface area contributed by atoms with Crippen molar-refractivity contribution in [1.29, 1.82) is 0 Å². The van der Waals surface area contributed by atoms with Gasteiger partial charge in [0, 0.05) is 37.0 Å². The zero-order chi connectivity index (χ0) is 19.5. The first kappa shape index (κ1) is 21.5. The highest BCUT2D eigenvalue weighted by atomic mass is 16.5. The fourth-order valence-electron chi connectivity index (χ4n) is 3.49. The molecule has 0 unspecified atom stereocenters. The number of nitrogens with zero attached hydrogens (tertiary/aromatic N) is 2. The molecule has 0 radical (unpaired) electrons. The SMILES string of the molecule is CCNC(=NCc1ncc(C)c(OC)c1C)NCCCOC1CCCCC1. The van der Waals surface area contributed by atoms with E-state index >= 15 is 0 Å². The summed E-state index contributed by atoms with van der Waals surface area (Å²) >= 11 is 0. The summed E-state index contributed by atoms with van der Waals surface area (Å²) in [6, 6.07) is 0. The minimum absolute atomic E-state index is 0.478. The molecular formula is C21H36N4O2. The molecule has 0 saturated heterocycles. The summed E-state index contributed by atoms with van der Waals surface area (Å²) in [5, 5.41) is 6.68. The van der Waals surface area contributed by atoms with Gasteiger partial charge in [-0.05, 0) is 40.0 Å². The van der Waals surface area contributed by atoms with Gasteiger partial charge in [0.1, 0.15) is 5.75 Å². The topological polar surface area (TPSA) is 67.8 Å². The highest BCUT2D eigenvalue weighted by Gasteiger charge is 2.13. The summed E-state index contributed by atoms with van der Waals surface area (Å²) in [7, 11) is 1.70. The molecule has 6 nitrogen and oxygen atoms in total. The molecule has 2 N–H and O–H groups in total. The monoisotopic (exact) mass is 376 g/mol. The first-order valence-corrected chi connectivity index (χ1v) is 10.3. The van der Waals surface area contributed by atoms with Crippen molar-refractivity contribution in [1.82, 2.24) is 15.6 Å². The molecule has 0 atom stereocenters. The van der Waals surface area contributed by atoms with E-state index in [2.05, 4.69) is 27.5 Å². The van der Waals surface area contributed by atoms with Crippen LogP contribution in [0.2, 0.25) is 0 Å². The lowest BCUT2D eigenvalue weighted by Crippen LogP contribution is -2.38. The Morgan fingerprint density at radius 3 is 2.70 bits per heavy atom. The Morgan fingerprint density at radius 2 is 2.00 bits per heavy atom. The van der Waals surface area contributed by atoms with Gasteiger partial charge in [0.2, 0.25) is 0 Å². The van der Waals surface area contributed by atoms with Crippen LogP contribution in [-0.4, -0.2) is 43.9 Å². The van der Waals surface area contributed by atoms with E-state index in [1.54, 1.807) is 7.11 Å². The lowest BCUT2D eigenvalue weighted by atomic mass is 9.98. The van der Waals surface area contributed by atoms with Crippen LogP contribution in [0.25, 0.3) is 0 Å². The average Bonchev–Trinajstić information content (AvgIpc) is 2.68. The third-order valence-corrected chi connectivity index (χ3v) is 5.00. The van der Waals surface area contributed by atoms with Crippen LogP contribution in [0.4, 0.5) is 0 Å². The van der Waals surface area contributed by atoms with Crippen LogP contribution in [0.1, 0.15) is 62.3 Å². The second-order valence-electron chi connectivity index (χ2n) is 7.15. The molecule has 0 bridgehead atoms. The van der Waals surface area contributed by atoms with Crippen molar-refractivity contribution in [3.8, 4) is 5.75 Å². The highest BCUT2D eigenvalue weighted by Crippen LogP contribution is 2.24. The molecule has 0 aliphatic heterocycles. The molecule has 1 aliphatic rings. The maximum Gasteiger partial charge on any atom is 0.191 e. The van der Waals surface area contributed by atoms with E-state index in [4.69, 9.17) is 9.47 Å². The van der Waals surface area contributed by atoms with E-state index in [0.717, 1.165) is 54.6 Å². The van der Waals surface area contributed by atoms with Crippen LogP contribution in [-0.2, 0) is 11.3 Å². The van der Waals surface area contributed by atoms with Crippen molar-refractivity contribution in [2.45, 2.75) is 71.9 Å². The quantitative estimate of drug-likeness (QED) is 0.392. The molecule has 1 aliphatic carbocycles. The fourth-order valence-corrected chi connectivity index (χ4v) is 3.49. The van der Waals surface area contributed by atoms with Crippen LogP contribution in [0.15, 0.2) is 11.2 Å². The zero-order valence-electron chi connectivity index (χ0n) is 17.4. The number of ether oxygens (including phenoxy) is 2. The first-order valence-electron chi connectivity index (χ1n) is 10.3. The second kappa shape index (κ2) is 11.8. The van der Waals surface area contributed by atoms with E-state index in [0.29, 0.717) is 12.6 Å². The van der Waals surface area contributed by atoms with Gasteiger partial charge in [-0.3, -0.25) is 4.98 Å². The molecule has 152 valence electrons. The van der Waals surface area contributed by atoms with Crippen LogP contribution in [0.5, 0.6) is 5.75 Å². The number of rotatable bonds is 9. The Labute approximate surface area is 164 Å². The van der Waals surface area contributed by atoms with E-state index in [1.165, 1.54) is 32.1 Å². The van der Waals surface area contributed by atoms with Gasteiger partial charge in [-0.15, -0.1) is 0 Å². The summed E-state index contributed by atoms with van der Waals surface area (Å²) in [4.78, 5) is 9.19. The van der Waals surface area contributed by atoms with Crippen molar-refractivity contribution in [2.75, 3.05) is 26.8 Å². The minimum atomic E-state index is 0.478. The van der Waals surface area contributed by atoms with Crippen LogP contribution >= 0.6 is 0 Å². The zero-order valence-corrected chi connectivity index (χ0v) is 17.4. The molecule has 27 heavy (non-hydrogen) atoms. The van der Waals surface area contributed by atoms with E-state index in [1.807, 2.05) is 20.0 Å². The van der Waals surface area contributed by atoms with Crippen molar-refractivity contribution >= 4 is 5.96 Å². The number of nitrogens with one attached hydrogen (secondary N) is 2. The number of hydrogen-bond acceptors (Lipinski definition) is 4. The van der Waals surface area contributed by atoms with Crippen molar-refractivity contribution in [3.05, 3.63) is 23.0 Å². The Morgan fingerprint density at radius 1 is 1.22 bits per heavy atom. The fraction of sp³-hybridized carbons (Fsp3) is 0.714. The number of pyridine rings is 1. The lowest BCUT2D eigenvalue weighted by Gasteiger charge is -2.22. The molecule has 0 spiro atoms. The van der Waals surface area contributed by atoms with Gasteiger partial charge < -0.3 is 20.1 Å². The van der Waals surface area contributed by atoms with Gasteiger partial charge >= 0.3 is 0 Å². The molecule has 1 saturated carbocycles. The predicted octanol–water partition coefficient (Wildman–Crippen LogP) is 3.50. The molecule has 1 aromatic rings. The van der Waals surface area contributed by atoms with Crippen LogP contribution in [0.3, 0.4) is 0 Å². The molecule has 1 fully saturated rings. The number of hydrogen-bond donors (Lipinski definition) is 2. The van der Waals surface area contributed by atoms with Crippen molar-refractivity contribution < 1.29 is 9.47 Å². The van der Waals surface area contributed by atoms with Crippen LogP contribution in [0, 0.1) is 13.8 Å². The largest absolute Gasteiger partial charge is 0.496 e. The smallest absolute Gasteiger partial charge is 0.191 e. The maximum atomic E-state index is 5.98. The number of aryl methyl sites for hydroxylation is 1. The number of aromatic nitrogens is 1. The van der Waals surface area contributed by atoms with Crippen molar-refractivity contribution in [2.24, 2.45) is 4.99 Å². The summed E-state index contributed by atoms with van der Waals surface area (Å²) in [5.41, 5.74) is 3.04. The number of guanidine groups is 1. The molecule has 0 aromatic carbocycles. The first-order chi connectivity index (χ1) is 13.2. The van der Waals surface area contributed by atoms with Gasteiger partial charge in [-0.1, -0.05) is 19.3 Å². The summed E-state index contributed by atoms with van der Waals surface area (Å²) in [5.74, 6) is 1.71. The van der Waals surface area contributed by atoms with Gasteiger partial charge in [0.15, 0.2) is 5.96 Å². The molecule has 2 rings (SSSR count). The van der Waals surface area contributed by atoms with E-state index in [-0.39, 0.29) is 0 Å². The number of aliphatic imine (C=N–C) groups is 1. The summed E-state index contributed by atoms with van der Waals surface area (Å²) < 4.78 is 11.5. The van der Waals surface area contributed by atoms with Gasteiger partial charge in [-0.2, -0.15) is 0 Å². The number of methoxy groups -OCH3 is 1. The predicted molar refractivity (Wildman–Crippen MR) is 111 cm³/mol. The maximum absolute atomic E-state index is 5.98. The van der Waals surface area contributed by atoms with E-state index < -0.39 is 0 Å². The Hall–Kier alpha value is -1.82. The normalized spacial score (nSPS) is 15.6. The average molecular weight is 377 g/mol. The lowest BCUT2D eigenvalue weighted by molar-refractivity contribution is 0.0277. The third-order valence-electron chi connectivity index (χ3n) is 5.00. The van der Waals surface area contributed by atoms with Crippen molar-refractivity contribution in [3.63, 3.8) is 0 Å². The van der Waals surface area contributed by atoms with Gasteiger partial charge in [0.25, 0.3) is 0 Å². The second-order valence-corrected chi connectivity index (χ2v) is 7.15. The summed E-state index contributed by atoms with van der Waals surface area (Å²) in [6.07, 6.45) is 9.76. The van der Waals surface area contributed by atoms with Gasteiger partial charge in [-0.25, -0.2) is 4.99 Å². The van der Waals surface area contributed by atoms with Gasteiger partial charge in [0.05, 0.1) is 25.5 Å². The molecule has 0 amide bonds. The Balaban J connectivity index is 1.80. The van der Waals surface area contributed by atoms with Crippen LogP contribution < -0.4 is 15.4 Å². The van der Waals surface area contributed by atoms with E-state index in [9.17, 15) is 0 Å². The molecular weight excluding hydrogens is 340 g/mol. The molecule has 1 heterocycles.